The van der Waals surface area contributed by atoms with E-state index in [0.29, 0.717) is 85.4 Å². The van der Waals surface area contributed by atoms with Crippen molar-refractivity contribution >= 4 is 111 Å². The van der Waals surface area contributed by atoms with Crippen molar-refractivity contribution < 1.29 is 67.1 Å². The molecule has 1 fully saturated rings. The lowest BCUT2D eigenvalue weighted by Crippen LogP contribution is -2.61. The van der Waals surface area contributed by atoms with Crippen molar-refractivity contribution in [1.82, 2.24) is 89.6 Å². The number of nitrogens with zero attached hydrogens (tertiary/aromatic N) is 1. The molecule has 0 aliphatic carbocycles. The third kappa shape index (κ3) is 37.9. The smallest absolute Gasteiger partial charge is 0.243 e. The Labute approximate surface area is 747 Å². The molecule has 0 unspecified atom stereocenters. The van der Waals surface area contributed by atoms with Gasteiger partial charge < -0.3 is 136 Å². The molecule has 42 heteroatoms. The summed E-state index contributed by atoms with van der Waals surface area (Å²) in [5.74, 6) is -12.7. The van der Waals surface area contributed by atoms with Gasteiger partial charge in [-0.05, 0) is 171 Å². The molecule has 128 heavy (non-hydrogen) atoms. The number of nitrogens with two attached hydrogens (primary N) is 8. The topological polar surface area (TPSA) is 718 Å². The molecule has 1 saturated heterocycles. The second kappa shape index (κ2) is 57.2. The summed E-state index contributed by atoms with van der Waals surface area (Å²) in [6.45, 7) is 7.14. The van der Waals surface area contributed by atoms with Crippen molar-refractivity contribution in [3.8, 4) is 0 Å². The second-order valence-corrected chi connectivity index (χ2v) is 32.4. The SMILES string of the molecule is CCCC[C@H](N)C(=O)N1CCC[C@H]1C(=O)N[C@H](Cc1ccccc1)C(=O)N[C@@H](CCCNC(=N)N)C(=O)N[C@H](Cc1c[nH]c2ccccc12)C(=O)N[C@@H](Cc1ccccc1)C(=O)N[C@@H](CCCCN)C(=O)N[C@@H](C)C(=O)N[C@H](C(=O)NCC(=O)N[C@@H](CCCCN)C(=O)N[C@@H](CCCCN)C(=O)N[C@@H](CCCNC(=N)N)C(=O)N[C@@H](CCCNC(=N)N)C(N)=O)C(C)C. The van der Waals surface area contributed by atoms with E-state index in [9.17, 15) is 52.7 Å². The lowest BCUT2D eigenvalue weighted by atomic mass is 10.0. The van der Waals surface area contributed by atoms with Crippen molar-refractivity contribution in [2.24, 2.45) is 51.8 Å². The summed E-state index contributed by atoms with van der Waals surface area (Å²) in [6.07, 6.45) is 6.71. The number of primary amides is 1. The zero-order valence-electron chi connectivity index (χ0n) is 73.9. The summed E-state index contributed by atoms with van der Waals surface area (Å²) in [6, 6.07) is 7.95. The Morgan fingerprint density at radius 1 is 0.422 bits per heavy atom. The number of guanidine groups is 3. The van der Waals surface area contributed by atoms with Crippen molar-refractivity contribution in [3.05, 3.63) is 108 Å². The van der Waals surface area contributed by atoms with E-state index in [1.165, 1.54) is 11.8 Å². The number of benzene rings is 3. The van der Waals surface area contributed by atoms with Gasteiger partial charge in [-0.2, -0.15) is 0 Å². The van der Waals surface area contributed by atoms with Crippen LogP contribution < -0.4 is 126 Å². The average Bonchev–Trinajstić information content (AvgIpc) is 1.54. The molecule has 1 aliphatic rings. The van der Waals surface area contributed by atoms with Gasteiger partial charge in [0.1, 0.15) is 72.5 Å². The first-order valence-electron chi connectivity index (χ1n) is 44.1. The lowest BCUT2D eigenvalue weighted by Gasteiger charge is -2.29. The molecule has 5 rings (SSSR count). The van der Waals surface area contributed by atoms with Gasteiger partial charge in [-0.3, -0.25) is 83.4 Å². The van der Waals surface area contributed by atoms with Gasteiger partial charge >= 0.3 is 0 Å². The molecule has 0 saturated carbocycles. The van der Waals surface area contributed by atoms with Crippen LogP contribution in [0.25, 0.3) is 10.9 Å². The maximum atomic E-state index is 15.4. The number of hydrogen-bond donors (Lipinski definition) is 27. The summed E-state index contributed by atoms with van der Waals surface area (Å²) in [5.41, 5.74) is 48.5. The molecule has 0 bridgehead atoms. The fraction of sp³-hybridized carbons (Fsp3) is 0.570. The van der Waals surface area contributed by atoms with Gasteiger partial charge in [0, 0.05) is 62.5 Å². The molecular weight excluding hydrogens is 1650 g/mol. The number of fused-ring (bicyclic) bond motifs is 1. The van der Waals surface area contributed by atoms with Gasteiger partial charge in [-0.25, -0.2) is 0 Å². The lowest BCUT2D eigenvalue weighted by molar-refractivity contribution is -0.140. The average molecular weight is 1790 g/mol. The van der Waals surface area contributed by atoms with E-state index < -0.39 is 168 Å². The van der Waals surface area contributed by atoms with Crippen LogP contribution in [-0.2, 0) is 86.4 Å². The maximum absolute atomic E-state index is 15.4. The number of likely N-dealkylation sites (tertiary alicyclic amines) is 1. The first-order chi connectivity index (χ1) is 61.2. The van der Waals surface area contributed by atoms with Crippen LogP contribution in [0.3, 0.4) is 0 Å². The summed E-state index contributed by atoms with van der Waals surface area (Å²) in [5, 5.41) is 63.9. The van der Waals surface area contributed by atoms with Crippen molar-refractivity contribution in [3.63, 3.8) is 0 Å². The van der Waals surface area contributed by atoms with Crippen LogP contribution in [0.1, 0.15) is 173 Å². The number of unbranched alkanes of at least 4 members (excludes halogenated alkanes) is 4. The van der Waals surface area contributed by atoms with Crippen LogP contribution in [0.5, 0.6) is 0 Å². The van der Waals surface area contributed by atoms with E-state index in [4.69, 9.17) is 62.1 Å². The number of carbonyl (C=O) groups excluding carboxylic acids is 14. The third-order valence-electron chi connectivity index (χ3n) is 21.6. The number of rotatable bonds is 60. The molecule has 1 aromatic heterocycles. The summed E-state index contributed by atoms with van der Waals surface area (Å²) >= 11 is 0. The molecule has 0 radical (unpaired) electrons. The van der Waals surface area contributed by atoms with Crippen molar-refractivity contribution in [1.29, 1.82) is 16.2 Å². The van der Waals surface area contributed by atoms with E-state index in [2.05, 4.69) is 84.7 Å². The van der Waals surface area contributed by atoms with E-state index in [1.54, 1.807) is 86.8 Å². The highest BCUT2D eigenvalue weighted by molar-refractivity contribution is 6.01. The Morgan fingerprint density at radius 2 is 0.812 bits per heavy atom. The molecule has 13 atom stereocenters. The predicted octanol–water partition coefficient (Wildman–Crippen LogP) is -3.51. The molecule has 35 N–H and O–H groups in total. The Morgan fingerprint density at radius 3 is 1.25 bits per heavy atom. The molecule has 14 amide bonds. The highest BCUT2D eigenvalue weighted by atomic mass is 16.2. The maximum Gasteiger partial charge on any atom is 0.243 e. The van der Waals surface area contributed by atoms with Crippen molar-refractivity contribution in [2.45, 2.75) is 254 Å². The molecule has 1 aliphatic heterocycles. The zero-order chi connectivity index (χ0) is 94.2. The standard InChI is InChI=1S/C86H138N28O14/c1-5-6-30-57(90)83(128)114-45-24-38-68(114)81(126)112-66(47-54-27-11-8-12-28-54)79(124)109-64(37-23-44-100-86(96)97)77(122)111-67(48-55-49-101-58-31-14-13-29-56(55)58)80(125)110-65(46-53-25-9-7-10-26-53)78(123)108-61(33-16-19-40-88)73(118)103-52(4)72(117)113-70(51(2)3)82(127)102-50-69(115)104-60(32-15-18-39-87)74(119)106-62(34-17-20-41-89)76(121)107-63(36-22-43-99-85(94)95)75(120)105-59(71(91)116)35-21-42-98-84(92)93/h7-14,25-29,31,49,51-52,57,59-68,70,101H,5-6,15-24,30,32-48,50,87-90H2,1-4H3,(H2,91,116)(H,102,127)(H,103,118)(H,104,115)(H,105,120)(H,106,119)(H,107,121)(H,108,123)(H,109,124)(H,110,125)(H,111,122)(H,112,126)(H,113,117)(H4,92,93,98)(H4,94,95,99)(H4,96,97,100)/t52-,57-,59-,60-,61-,62-,63-,64-,65-,66+,67+,68-,70-/m0/s1. The quantitative estimate of drug-likeness (QED) is 0.0116. The molecule has 3 aromatic carbocycles. The van der Waals surface area contributed by atoms with Crippen LogP contribution >= 0.6 is 0 Å². The monoisotopic (exact) mass is 1790 g/mol. The largest absolute Gasteiger partial charge is 0.370 e. The summed E-state index contributed by atoms with van der Waals surface area (Å²) < 4.78 is 0. The van der Waals surface area contributed by atoms with E-state index in [-0.39, 0.29) is 153 Å². The fourth-order valence-corrected chi connectivity index (χ4v) is 14.5. The highest BCUT2D eigenvalue weighted by Gasteiger charge is 2.40. The first-order valence-corrected chi connectivity index (χ1v) is 44.1. The summed E-state index contributed by atoms with van der Waals surface area (Å²) in [7, 11) is 0. The van der Waals surface area contributed by atoms with Gasteiger partial charge in [0.25, 0.3) is 0 Å². The number of H-pyrrole nitrogens is 1. The Hall–Kier alpha value is -12.6. The van der Waals surface area contributed by atoms with Gasteiger partial charge in [0.05, 0.1) is 12.6 Å². The fourth-order valence-electron chi connectivity index (χ4n) is 14.5. The number of aromatic amines is 1. The van der Waals surface area contributed by atoms with Crippen LogP contribution in [0.2, 0.25) is 0 Å². The Bertz CT molecular complexity index is 4290. The minimum atomic E-state index is -1.50. The number of amides is 14. The normalized spacial score (nSPS) is 15.1. The van der Waals surface area contributed by atoms with E-state index >= 15 is 14.4 Å². The zero-order valence-corrected chi connectivity index (χ0v) is 73.9. The van der Waals surface area contributed by atoms with Crippen LogP contribution in [-0.4, -0.2) is 241 Å². The molecule has 42 nitrogen and oxygen atoms in total. The highest BCUT2D eigenvalue weighted by Crippen LogP contribution is 2.23. The first kappa shape index (κ1) is 106. The van der Waals surface area contributed by atoms with Gasteiger partial charge in [0.15, 0.2) is 17.9 Å². The predicted molar refractivity (Wildman–Crippen MR) is 485 cm³/mol. The number of para-hydroxylation sites is 1. The molecular formula is C86H138N28O14. The number of aromatic nitrogens is 1. The minimum Gasteiger partial charge on any atom is -0.370 e. The van der Waals surface area contributed by atoms with Gasteiger partial charge in [0.2, 0.25) is 82.7 Å². The number of nitrogens with one attached hydrogen (secondary N) is 19. The summed E-state index contributed by atoms with van der Waals surface area (Å²) in [4.78, 5) is 205. The molecule has 4 aromatic rings. The minimum absolute atomic E-state index is 0.0133. The Balaban J connectivity index is 1.36. The third-order valence-corrected chi connectivity index (χ3v) is 21.6. The molecule has 706 valence electrons. The van der Waals surface area contributed by atoms with E-state index in [0.717, 1.165) is 6.42 Å². The molecule has 0 spiro atoms. The van der Waals surface area contributed by atoms with Crippen LogP contribution in [0, 0.1) is 22.1 Å². The van der Waals surface area contributed by atoms with Crippen molar-refractivity contribution in [2.75, 3.05) is 52.4 Å². The van der Waals surface area contributed by atoms with Crippen LogP contribution in [0.4, 0.5) is 0 Å². The van der Waals surface area contributed by atoms with Gasteiger partial charge in [-0.15, -0.1) is 0 Å². The number of hydrogen-bond acceptors (Lipinski definition) is 21. The second-order valence-electron chi connectivity index (χ2n) is 32.4. The van der Waals surface area contributed by atoms with Crippen LogP contribution in [0.15, 0.2) is 91.1 Å². The Kier molecular flexibility index (Phi) is 47.4. The van der Waals surface area contributed by atoms with E-state index in [1.807, 2.05) is 25.1 Å². The molecule has 2 heterocycles. The number of carbonyl (C=O) groups is 14. The van der Waals surface area contributed by atoms with Gasteiger partial charge in [-0.1, -0.05) is 112 Å².